The van der Waals surface area contributed by atoms with Crippen molar-refractivity contribution in [2.24, 2.45) is 0 Å². The Morgan fingerprint density at radius 1 is 1.47 bits per heavy atom. The molecular weight excluding hydrogens is 190 g/mol. The van der Waals surface area contributed by atoms with E-state index in [0.29, 0.717) is 17.9 Å². The van der Waals surface area contributed by atoms with Crippen LogP contribution in [0.1, 0.15) is 5.56 Å². The SMILES string of the molecule is CN1c2ccc(C#N)cc2OCC1C#N. The van der Waals surface area contributed by atoms with Crippen molar-refractivity contribution in [3.8, 4) is 17.9 Å². The number of fused-ring (bicyclic) bond motifs is 1. The summed E-state index contributed by atoms with van der Waals surface area (Å²) >= 11 is 0. The van der Waals surface area contributed by atoms with Crippen LogP contribution in [0.15, 0.2) is 18.2 Å². The first-order valence-corrected chi connectivity index (χ1v) is 4.55. The standard InChI is InChI=1S/C11H9N3O/c1-14-9(6-13)7-15-11-4-8(5-12)2-3-10(11)14/h2-4,9H,7H2,1H3. The minimum Gasteiger partial charge on any atom is -0.488 e. The first kappa shape index (κ1) is 9.36. The van der Waals surface area contributed by atoms with Crippen LogP contribution in [-0.4, -0.2) is 19.7 Å². The maximum atomic E-state index is 8.86. The van der Waals surface area contributed by atoms with Crippen molar-refractivity contribution in [2.45, 2.75) is 6.04 Å². The smallest absolute Gasteiger partial charge is 0.151 e. The third kappa shape index (κ3) is 1.47. The number of benzene rings is 1. The van der Waals surface area contributed by atoms with Gasteiger partial charge >= 0.3 is 0 Å². The topological polar surface area (TPSA) is 60.1 Å². The summed E-state index contributed by atoms with van der Waals surface area (Å²) in [7, 11) is 1.85. The molecule has 1 heterocycles. The lowest BCUT2D eigenvalue weighted by molar-refractivity contribution is 0.289. The van der Waals surface area contributed by atoms with Crippen molar-refractivity contribution in [3.63, 3.8) is 0 Å². The molecule has 74 valence electrons. The molecule has 1 aliphatic heterocycles. The summed E-state index contributed by atoms with van der Waals surface area (Å²) in [4.78, 5) is 1.86. The second kappa shape index (κ2) is 3.51. The first-order valence-electron chi connectivity index (χ1n) is 4.55. The lowest BCUT2D eigenvalue weighted by atomic mass is 10.1. The van der Waals surface area contributed by atoms with E-state index in [9.17, 15) is 0 Å². The van der Waals surface area contributed by atoms with E-state index in [1.54, 1.807) is 18.2 Å². The minimum absolute atomic E-state index is 0.259. The summed E-state index contributed by atoms with van der Waals surface area (Å²) in [6, 6.07) is 9.17. The van der Waals surface area contributed by atoms with Gasteiger partial charge < -0.3 is 9.64 Å². The molecule has 0 spiro atoms. The van der Waals surface area contributed by atoms with Gasteiger partial charge in [0.1, 0.15) is 12.4 Å². The number of nitrogens with zero attached hydrogens (tertiary/aromatic N) is 3. The Bertz CT molecular complexity index is 470. The fourth-order valence-corrected chi connectivity index (χ4v) is 1.56. The molecule has 0 saturated heterocycles. The lowest BCUT2D eigenvalue weighted by Crippen LogP contribution is -2.39. The highest BCUT2D eigenvalue weighted by atomic mass is 16.5. The van der Waals surface area contributed by atoms with E-state index >= 15 is 0 Å². The van der Waals surface area contributed by atoms with Crippen LogP contribution < -0.4 is 9.64 Å². The summed E-state index contributed by atoms with van der Waals surface area (Å²) in [5.74, 6) is 0.669. The number of hydrogen-bond donors (Lipinski definition) is 0. The van der Waals surface area contributed by atoms with Crippen LogP contribution >= 0.6 is 0 Å². The molecule has 0 N–H and O–H groups in total. The monoisotopic (exact) mass is 199 g/mol. The van der Waals surface area contributed by atoms with Gasteiger partial charge in [-0.1, -0.05) is 0 Å². The van der Waals surface area contributed by atoms with Gasteiger partial charge in [-0.3, -0.25) is 0 Å². The summed E-state index contributed by atoms with van der Waals surface area (Å²) in [5.41, 5.74) is 1.42. The van der Waals surface area contributed by atoms with Crippen molar-refractivity contribution < 1.29 is 4.74 Å². The summed E-state index contributed by atoms with van der Waals surface area (Å²) < 4.78 is 5.42. The molecule has 0 radical (unpaired) electrons. The quantitative estimate of drug-likeness (QED) is 0.631. The zero-order chi connectivity index (χ0) is 10.8. The van der Waals surface area contributed by atoms with E-state index in [1.165, 1.54) is 0 Å². The van der Waals surface area contributed by atoms with E-state index in [4.69, 9.17) is 15.3 Å². The van der Waals surface area contributed by atoms with E-state index in [-0.39, 0.29) is 6.04 Å². The molecule has 4 heteroatoms. The Morgan fingerprint density at radius 3 is 2.93 bits per heavy atom. The maximum absolute atomic E-state index is 8.86. The first-order chi connectivity index (χ1) is 7.26. The molecule has 0 saturated carbocycles. The van der Waals surface area contributed by atoms with Gasteiger partial charge in [0.2, 0.25) is 0 Å². The van der Waals surface area contributed by atoms with Crippen molar-refractivity contribution in [1.82, 2.24) is 0 Å². The second-order valence-corrected chi connectivity index (χ2v) is 3.36. The predicted octanol–water partition coefficient (Wildman–Crippen LogP) is 1.28. The van der Waals surface area contributed by atoms with E-state index < -0.39 is 0 Å². The molecule has 0 amide bonds. The Balaban J connectivity index is 2.43. The van der Waals surface area contributed by atoms with Gasteiger partial charge in [0, 0.05) is 13.1 Å². The molecule has 1 aromatic carbocycles. The lowest BCUT2D eigenvalue weighted by Gasteiger charge is -2.31. The Kier molecular flexibility index (Phi) is 2.19. The molecule has 0 aromatic heterocycles. The molecule has 1 aliphatic rings. The largest absolute Gasteiger partial charge is 0.488 e. The van der Waals surface area contributed by atoms with Crippen molar-refractivity contribution >= 4 is 5.69 Å². The molecule has 1 unspecified atom stereocenters. The average Bonchev–Trinajstić information content (AvgIpc) is 2.29. The fraction of sp³-hybridized carbons (Fsp3) is 0.273. The van der Waals surface area contributed by atoms with Crippen LogP contribution in [-0.2, 0) is 0 Å². The van der Waals surface area contributed by atoms with Crippen LogP contribution in [0, 0.1) is 22.7 Å². The van der Waals surface area contributed by atoms with Gasteiger partial charge in [-0.15, -0.1) is 0 Å². The Hall–Kier alpha value is -2.20. The fourth-order valence-electron chi connectivity index (χ4n) is 1.56. The van der Waals surface area contributed by atoms with Crippen LogP contribution in [0.3, 0.4) is 0 Å². The maximum Gasteiger partial charge on any atom is 0.151 e. The molecule has 2 rings (SSSR count). The zero-order valence-electron chi connectivity index (χ0n) is 8.27. The van der Waals surface area contributed by atoms with Crippen molar-refractivity contribution in [3.05, 3.63) is 23.8 Å². The molecule has 1 aromatic rings. The number of rotatable bonds is 0. The Morgan fingerprint density at radius 2 is 2.27 bits per heavy atom. The molecule has 1 atom stereocenters. The summed E-state index contributed by atoms with van der Waals surface area (Å²) in [5, 5.41) is 17.6. The molecular formula is C11H9N3O. The molecule has 0 bridgehead atoms. The van der Waals surface area contributed by atoms with E-state index in [2.05, 4.69) is 12.1 Å². The zero-order valence-corrected chi connectivity index (χ0v) is 8.27. The average molecular weight is 199 g/mol. The van der Waals surface area contributed by atoms with Crippen LogP contribution in [0.5, 0.6) is 5.75 Å². The van der Waals surface area contributed by atoms with E-state index in [0.717, 1.165) is 5.69 Å². The molecule has 0 fully saturated rings. The number of likely N-dealkylation sites (N-methyl/N-ethyl adjacent to an activating group) is 1. The number of hydrogen-bond acceptors (Lipinski definition) is 4. The number of ether oxygens (including phenoxy) is 1. The third-order valence-corrected chi connectivity index (χ3v) is 2.48. The van der Waals surface area contributed by atoms with Gasteiger partial charge in [-0.05, 0) is 12.1 Å². The summed E-state index contributed by atoms with van der Waals surface area (Å²) in [6.45, 7) is 0.342. The highest BCUT2D eigenvalue weighted by Gasteiger charge is 2.24. The number of anilines is 1. The second-order valence-electron chi connectivity index (χ2n) is 3.36. The highest BCUT2D eigenvalue weighted by molar-refractivity contribution is 5.63. The predicted molar refractivity (Wildman–Crippen MR) is 54.5 cm³/mol. The summed E-state index contributed by atoms with van der Waals surface area (Å²) in [6.07, 6.45) is 0. The van der Waals surface area contributed by atoms with Gasteiger partial charge in [0.15, 0.2) is 6.04 Å². The Labute approximate surface area is 87.9 Å². The number of nitriles is 2. The van der Waals surface area contributed by atoms with Crippen LogP contribution in [0.2, 0.25) is 0 Å². The van der Waals surface area contributed by atoms with Gasteiger partial charge in [0.05, 0.1) is 23.4 Å². The molecule has 0 aliphatic carbocycles. The van der Waals surface area contributed by atoms with Crippen LogP contribution in [0.4, 0.5) is 5.69 Å². The van der Waals surface area contributed by atoms with Gasteiger partial charge in [0.25, 0.3) is 0 Å². The molecule has 15 heavy (non-hydrogen) atoms. The van der Waals surface area contributed by atoms with Gasteiger partial charge in [-0.2, -0.15) is 10.5 Å². The normalized spacial score (nSPS) is 18.3. The van der Waals surface area contributed by atoms with E-state index in [1.807, 2.05) is 11.9 Å². The third-order valence-electron chi connectivity index (χ3n) is 2.48. The minimum atomic E-state index is -0.259. The van der Waals surface area contributed by atoms with Crippen molar-refractivity contribution in [2.75, 3.05) is 18.6 Å². The molecule has 4 nitrogen and oxygen atoms in total. The van der Waals surface area contributed by atoms with Gasteiger partial charge in [-0.25, -0.2) is 0 Å². The van der Waals surface area contributed by atoms with Crippen LogP contribution in [0.25, 0.3) is 0 Å². The highest BCUT2D eigenvalue weighted by Crippen LogP contribution is 2.33. The van der Waals surface area contributed by atoms with Crippen molar-refractivity contribution in [1.29, 1.82) is 10.5 Å².